The maximum absolute atomic E-state index is 13.7. The second kappa shape index (κ2) is 7.69. The Labute approximate surface area is 179 Å². The van der Waals surface area contributed by atoms with Crippen molar-refractivity contribution in [3.63, 3.8) is 0 Å². The molecule has 0 unspecified atom stereocenters. The summed E-state index contributed by atoms with van der Waals surface area (Å²) in [5, 5.41) is 0.171. The molecule has 0 saturated carbocycles. The first-order valence-electron chi connectivity index (χ1n) is 9.52. The molecule has 0 saturated heterocycles. The van der Waals surface area contributed by atoms with E-state index < -0.39 is 11.5 Å². The molecular weight excluding hydrogens is 408 g/mol. The molecule has 30 heavy (non-hydrogen) atoms. The number of fused-ring (bicyclic) bond motifs is 1. The van der Waals surface area contributed by atoms with Gasteiger partial charge in [-0.05, 0) is 5.56 Å². The molecule has 0 N–H and O–H groups in total. The fraction of sp³-hybridized carbons (Fsp3) is 0.304. The van der Waals surface area contributed by atoms with E-state index in [9.17, 15) is 9.59 Å². The van der Waals surface area contributed by atoms with Crippen molar-refractivity contribution in [2.45, 2.75) is 25.6 Å². The summed E-state index contributed by atoms with van der Waals surface area (Å²) >= 11 is 6.49. The van der Waals surface area contributed by atoms with Crippen LogP contribution in [0.5, 0.6) is 17.2 Å². The third-order valence-corrected chi connectivity index (χ3v) is 5.87. The molecule has 1 aliphatic carbocycles. The molecule has 2 aromatic rings. The van der Waals surface area contributed by atoms with Crippen LogP contribution in [0.15, 0.2) is 48.2 Å². The molecule has 1 aliphatic heterocycles. The number of halogens is 1. The van der Waals surface area contributed by atoms with E-state index >= 15 is 0 Å². The number of hydrogen-bond acceptors (Lipinski definition) is 6. The summed E-state index contributed by atoms with van der Waals surface area (Å²) in [7, 11) is 2.89. The van der Waals surface area contributed by atoms with Gasteiger partial charge in [-0.1, -0.05) is 48.9 Å². The van der Waals surface area contributed by atoms with Crippen LogP contribution in [0.1, 0.15) is 29.3 Å². The molecular formula is C23H21ClO6. The fourth-order valence-electron chi connectivity index (χ4n) is 3.99. The Kier molecular flexibility index (Phi) is 5.20. The van der Waals surface area contributed by atoms with Crippen molar-refractivity contribution in [1.29, 1.82) is 0 Å². The Morgan fingerprint density at radius 1 is 1.13 bits per heavy atom. The predicted molar refractivity (Wildman–Crippen MR) is 110 cm³/mol. The number of carbonyl (C=O) groups excluding carboxylic acids is 2. The number of hydrogen-bond donors (Lipinski definition) is 0. The van der Waals surface area contributed by atoms with E-state index in [4.69, 9.17) is 30.5 Å². The van der Waals surface area contributed by atoms with Crippen molar-refractivity contribution in [3.05, 3.63) is 64.4 Å². The van der Waals surface area contributed by atoms with Crippen molar-refractivity contribution in [2.75, 3.05) is 14.2 Å². The van der Waals surface area contributed by atoms with Crippen molar-refractivity contribution >= 4 is 23.2 Å². The second-order valence-corrected chi connectivity index (χ2v) is 7.70. The first kappa shape index (κ1) is 20.3. The van der Waals surface area contributed by atoms with Gasteiger partial charge < -0.3 is 18.9 Å². The zero-order valence-corrected chi connectivity index (χ0v) is 17.6. The van der Waals surface area contributed by atoms with Gasteiger partial charge >= 0.3 is 0 Å². The average molecular weight is 429 g/mol. The van der Waals surface area contributed by atoms with Gasteiger partial charge in [0.2, 0.25) is 11.4 Å². The van der Waals surface area contributed by atoms with Gasteiger partial charge in [-0.15, -0.1) is 0 Å². The van der Waals surface area contributed by atoms with Crippen LogP contribution < -0.4 is 14.2 Å². The molecule has 2 aliphatic rings. The molecule has 0 amide bonds. The lowest BCUT2D eigenvalue weighted by Crippen LogP contribution is -2.51. The molecule has 2 aromatic carbocycles. The van der Waals surface area contributed by atoms with Gasteiger partial charge in [0.05, 0.1) is 14.2 Å². The molecule has 0 radical (unpaired) electrons. The van der Waals surface area contributed by atoms with Crippen molar-refractivity contribution in [2.24, 2.45) is 5.92 Å². The Balaban J connectivity index is 1.82. The minimum atomic E-state index is -1.47. The first-order valence-corrected chi connectivity index (χ1v) is 9.90. The first-order chi connectivity index (χ1) is 14.4. The quantitative estimate of drug-likeness (QED) is 0.703. The van der Waals surface area contributed by atoms with Crippen LogP contribution in [0, 0.1) is 5.92 Å². The molecule has 0 fully saturated rings. The molecule has 1 spiro atoms. The monoisotopic (exact) mass is 428 g/mol. The molecule has 2 atom stereocenters. The van der Waals surface area contributed by atoms with Crippen LogP contribution in [-0.2, 0) is 16.1 Å². The van der Waals surface area contributed by atoms with E-state index in [0.717, 1.165) is 5.56 Å². The Hall–Kier alpha value is -2.99. The molecule has 6 nitrogen and oxygen atoms in total. The SMILES string of the molecule is COC1=CC(=O)C[C@@H](C)[C@]12Oc1c(Cl)c(OC)cc(OCc3ccccc3)c1C2=O. The molecule has 0 bridgehead atoms. The zero-order chi connectivity index (χ0) is 21.5. The number of Topliss-reactive ketones (excluding diaryl/α,β-unsaturated/α-hetero) is 1. The van der Waals surface area contributed by atoms with Crippen LogP contribution in [0.4, 0.5) is 0 Å². The van der Waals surface area contributed by atoms with E-state index in [1.54, 1.807) is 13.0 Å². The highest BCUT2D eigenvalue weighted by Gasteiger charge is 2.59. The molecule has 1 heterocycles. The molecule has 156 valence electrons. The van der Waals surface area contributed by atoms with Gasteiger partial charge in [-0.2, -0.15) is 0 Å². The van der Waals surface area contributed by atoms with Gasteiger partial charge in [-0.3, -0.25) is 9.59 Å². The Bertz CT molecular complexity index is 1050. The van der Waals surface area contributed by atoms with Crippen LogP contribution in [0.25, 0.3) is 0 Å². The van der Waals surface area contributed by atoms with E-state index in [0.29, 0.717) is 11.5 Å². The summed E-state index contributed by atoms with van der Waals surface area (Å²) in [6.45, 7) is 2.03. The summed E-state index contributed by atoms with van der Waals surface area (Å²) in [4.78, 5) is 25.8. The summed E-state index contributed by atoms with van der Waals surface area (Å²) < 4.78 is 23.0. The Morgan fingerprint density at radius 2 is 1.87 bits per heavy atom. The van der Waals surface area contributed by atoms with Crippen molar-refractivity contribution in [1.82, 2.24) is 0 Å². The van der Waals surface area contributed by atoms with Gasteiger partial charge in [-0.25, -0.2) is 0 Å². The fourth-order valence-corrected chi connectivity index (χ4v) is 4.25. The number of rotatable bonds is 5. The van der Waals surface area contributed by atoms with Crippen molar-refractivity contribution in [3.8, 4) is 17.2 Å². The van der Waals surface area contributed by atoms with E-state index in [1.807, 2.05) is 30.3 Å². The standard InChI is InChI=1S/C23H21ClO6/c1-13-9-15(25)10-18(28-3)23(13)22(26)19-16(29-12-14-7-5-4-6-8-14)11-17(27-2)20(24)21(19)30-23/h4-8,10-11,13H,9,12H2,1-3H3/t13-,23+/m1/s1. The third kappa shape index (κ3) is 3.03. The predicted octanol–water partition coefficient (Wildman–Crippen LogP) is 4.38. The van der Waals surface area contributed by atoms with Gasteiger partial charge in [0.1, 0.15) is 28.7 Å². The van der Waals surface area contributed by atoms with E-state index in [1.165, 1.54) is 20.3 Å². The van der Waals surface area contributed by atoms with Crippen LogP contribution in [0.3, 0.4) is 0 Å². The minimum absolute atomic E-state index is 0.124. The highest BCUT2D eigenvalue weighted by Crippen LogP contribution is 2.54. The normalized spacial score (nSPS) is 22.4. The highest BCUT2D eigenvalue weighted by atomic mass is 35.5. The van der Waals surface area contributed by atoms with Crippen LogP contribution in [0.2, 0.25) is 5.02 Å². The maximum atomic E-state index is 13.7. The Morgan fingerprint density at radius 3 is 2.53 bits per heavy atom. The van der Waals surface area contributed by atoms with Gasteiger partial charge in [0.15, 0.2) is 17.3 Å². The van der Waals surface area contributed by atoms with Gasteiger partial charge in [0, 0.05) is 24.5 Å². The maximum Gasteiger partial charge on any atom is 0.231 e. The second-order valence-electron chi connectivity index (χ2n) is 7.32. The number of ether oxygens (including phenoxy) is 4. The van der Waals surface area contributed by atoms with Gasteiger partial charge in [0.25, 0.3) is 0 Å². The smallest absolute Gasteiger partial charge is 0.231 e. The lowest BCUT2D eigenvalue weighted by molar-refractivity contribution is -0.118. The number of ketones is 2. The summed E-state index contributed by atoms with van der Waals surface area (Å²) in [6.07, 6.45) is 1.47. The highest BCUT2D eigenvalue weighted by molar-refractivity contribution is 6.35. The molecule has 0 aromatic heterocycles. The lowest BCUT2D eigenvalue weighted by Gasteiger charge is -2.36. The summed E-state index contributed by atoms with van der Waals surface area (Å²) in [5.41, 5.74) is -0.303. The minimum Gasteiger partial charge on any atom is -0.496 e. The van der Waals surface area contributed by atoms with Crippen LogP contribution >= 0.6 is 11.6 Å². The topological polar surface area (TPSA) is 71.1 Å². The molecule has 4 rings (SSSR count). The third-order valence-electron chi connectivity index (χ3n) is 5.52. The summed E-state index contributed by atoms with van der Waals surface area (Å²) in [5.74, 6) is 0.0423. The van der Waals surface area contributed by atoms with Crippen LogP contribution in [-0.4, -0.2) is 31.4 Å². The zero-order valence-electron chi connectivity index (χ0n) is 16.9. The van der Waals surface area contributed by atoms with E-state index in [-0.39, 0.29) is 46.7 Å². The number of benzene rings is 2. The summed E-state index contributed by atoms with van der Waals surface area (Å²) in [6, 6.07) is 11.2. The van der Waals surface area contributed by atoms with Crippen molar-refractivity contribution < 1.29 is 28.5 Å². The average Bonchev–Trinajstić information content (AvgIpc) is 3.06. The lowest BCUT2D eigenvalue weighted by atomic mass is 9.75. The number of methoxy groups -OCH3 is 2. The largest absolute Gasteiger partial charge is 0.496 e. The molecule has 7 heteroatoms. The van der Waals surface area contributed by atoms with E-state index in [2.05, 4.69) is 0 Å². The number of allylic oxidation sites excluding steroid dienone is 1. The number of carbonyl (C=O) groups is 2.